The van der Waals surface area contributed by atoms with Crippen LogP contribution in [0.4, 0.5) is 0 Å². The fourth-order valence-electron chi connectivity index (χ4n) is 2.26. The van der Waals surface area contributed by atoms with Crippen molar-refractivity contribution in [2.24, 2.45) is 0 Å². The molecule has 130 valence electrons. The molecule has 6 heteroatoms. The monoisotopic (exact) mass is 408 g/mol. The molecular formula is C19H18Cl2N2S2. The smallest absolute Gasteiger partial charge is 0.0946 e. The first-order valence-corrected chi connectivity index (χ1v) is 10.7. The summed E-state index contributed by atoms with van der Waals surface area (Å²) in [7, 11) is 0. The third kappa shape index (κ3) is 6.30. The van der Waals surface area contributed by atoms with Gasteiger partial charge in [-0.1, -0.05) is 47.5 Å². The first kappa shape index (κ1) is 18.7. The van der Waals surface area contributed by atoms with E-state index in [0.717, 1.165) is 28.1 Å². The first-order valence-electron chi connectivity index (χ1n) is 7.87. The van der Waals surface area contributed by atoms with E-state index in [-0.39, 0.29) is 0 Å². The van der Waals surface area contributed by atoms with Gasteiger partial charge in [0.15, 0.2) is 0 Å². The molecule has 0 atom stereocenters. The number of rotatable bonds is 8. The molecule has 0 aliphatic heterocycles. The van der Waals surface area contributed by atoms with Crippen molar-refractivity contribution in [1.82, 2.24) is 9.55 Å². The molecule has 0 unspecified atom stereocenters. The van der Waals surface area contributed by atoms with Crippen molar-refractivity contribution in [1.29, 1.82) is 0 Å². The molecule has 0 bridgehead atoms. The van der Waals surface area contributed by atoms with Gasteiger partial charge in [-0.15, -0.1) is 23.5 Å². The largest absolute Gasteiger partial charge is 0.336 e. The van der Waals surface area contributed by atoms with Gasteiger partial charge >= 0.3 is 0 Å². The number of hydrogen-bond acceptors (Lipinski definition) is 3. The Morgan fingerprint density at radius 3 is 1.80 bits per heavy atom. The summed E-state index contributed by atoms with van der Waals surface area (Å²) >= 11 is 15.8. The summed E-state index contributed by atoms with van der Waals surface area (Å²) in [5.41, 5.74) is 2.58. The molecule has 0 aliphatic rings. The van der Waals surface area contributed by atoms with Crippen LogP contribution in [0.3, 0.4) is 0 Å². The zero-order chi connectivity index (χ0) is 17.5. The molecule has 0 aliphatic carbocycles. The molecule has 1 heterocycles. The second kappa shape index (κ2) is 9.58. The van der Waals surface area contributed by atoms with E-state index in [1.54, 1.807) is 0 Å². The molecule has 2 nitrogen and oxygen atoms in total. The minimum absolute atomic E-state index is 0.431. The number of aromatic nitrogens is 2. The summed E-state index contributed by atoms with van der Waals surface area (Å²) in [4.78, 5) is 4.15. The highest BCUT2D eigenvalue weighted by Gasteiger charge is 2.12. The summed E-state index contributed by atoms with van der Waals surface area (Å²) in [6, 6.07) is 16.2. The van der Waals surface area contributed by atoms with Crippen LogP contribution in [0.15, 0.2) is 67.3 Å². The summed E-state index contributed by atoms with van der Waals surface area (Å²) < 4.78 is 2.56. The minimum atomic E-state index is 0.431. The second-order valence-corrected chi connectivity index (χ2v) is 9.12. The van der Waals surface area contributed by atoms with Crippen molar-refractivity contribution in [3.63, 3.8) is 0 Å². The molecule has 0 fully saturated rings. The molecule has 0 radical (unpaired) electrons. The van der Waals surface area contributed by atoms with Crippen LogP contribution >= 0.6 is 46.7 Å². The molecule has 0 spiro atoms. The van der Waals surface area contributed by atoms with Crippen molar-refractivity contribution < 1.29 is 0 Å². The molecule has 0 saturated heterocycles. The number of benzene rings is 2. The van der Waals surface area contributed by atoms with E-state index >= 15 is 0 Å². The van der Waals surface area contributed by atoms with E-state index < -0.39 is 0 Å². The van der Waals surface area contributed by atoms with Gasteiger partial charge in [0.25, 0.3) is 0 Å². The molecular weight excluding hydrogens is 391 g/mol. The van der Waals surface area contributed by atoms with Crippen molar-refractivity contribution >= 4 is 46.7 Å². The van der Waals surface area contributed by atoms with Gasteiger partial charge in [-0.25, -0.2) is 4.98 Å². The third-order valence-corrected chi connectivity index (χ3v) is 6.98. The van der Waals surface area contributed by atoms with Gasteiger partial charge in [-0.3, -0.25) is 0 Å². The zero-order valence-electron chi connectivity index (χ0n) is 13.5. The summed E-state index contributed by atoms with van der Waals surface area (Å²) in [6.45, 7) is 0.927. The van der Waals surface area contributed by atoms with Crippen molar-refractivity contribution in [3.8, 4) is 0 Å². The highest BCUT2D eigenvalue weighted by atomic mass is 35.5. The number of halogens is 2. The number of thioether (sulfide) groups is 2. The fourth-order valence-corrected chi connectivity index (χ4v) is 5.00. The Hall–Kier alpha value is -1.07. The SMILES string of the molecule is Clc1ccc(CSC(Cn2ccnc2)SCc2ccc(Cl)cc2)cc1. The average Bonchev–Trinajstić information content (AvgIpc) is 3.13. The first-order chi connectivity index (χ1) is 12.2. The lowest BCUT2D eigenvalue weighted by Gasteiger charge is -2.17. The van der Waals surface area contributed by atoms with Gasteiger partial charge in [0, 0.05) is 40.5 Å². The number of imidazole rings is 1. The topological polar surface area (TPSA) is 17.8 Å². The Morgan fingerprint density at radius 1 is 0.840 bits per heavy atom. The molecule has 25 heavy (non-hydrogen) atoms. The van der Waals surface area contributed by atoms with Gasteiger partial charge < -0.3 is 4.57 Å². The Morgan fingerprint density at radius 2 is 1.36 bits per heavy atom. The van der Waals surface area contributed by atoms with E-state index in [1.807, 2.05) is 66.5 Å². The van der Waals surface area contributed by atoms with Gasteiger partial charge in [0.1, 0.15) is 0 Å². The lowest BCUT2D eigenvalue weighted by molar-refractivity contribution is 0.750. The van der Waals surface area contributed by atoms with Gasteiger partial charge in [-0.2, -0.15) is 0 Å². The summed E-state index contributed by atoms with van der Waals surface area (Å²) in [6.07, 6.45) is 5.71. The van der Waals surface area contributed by atoms with Crippen LogP contribution in [0.25, 0.3) is 0 Å². The van der Waals surface area contributed by atoms with E-state index in [4.69, 9.17) is 23.2 Å². The molecule has 0 N–H and O–H groups in total. The van der Waals surface area contributed by atoms with Crippen LogP contribution in [-0.2, 0) is 18.1 Å². The Labute approximate surface area is 166 Å². The Bertz CT molecular complexity index is 710. The molecule has 3 aromatic rings. The standard InChI is InChI=1S/C19H18Cl2N2S2/c20-17-5-1-15(2-6-17)12-24-19(11-23-10-9-22-14-23)25-13-16-3-7-18(21)8-4-16/h1-10,14,19H,11-13H2. The second-order valence-electron chi connectivity index (χ2n) is 5.56. The van der Waals surface area contributed by atoms with Crippen molar-refractivity contribution in [2.45, 2.75) is 22.6 Å². The molecule has 0 amide bonds. The molecule has 3 rings (SSSR count). The molecule has 1 aromatic heterocycles. The lowest BCUT2D eigenvalue weighted by atomic mass is 10.2. The van der Waals surface area contributed by atoms with Gasteiger partial charge in [-0.05, 0) is 35.4 Å². The van der Waals surface area contributed by atoms with Crippen LogP contribution in [-0.4, -0.2) is 14.1 Å². The fraction of sp³-hybridized carbons (Fsp3) is 0.211. The minimum Gasteiger partial charge on any atom is -0.336 e. The van der Waals surface area contributed by atoms with E-state index in [1.165, 1.54) is 11.1 Å². The zero-order valence-corrected chi connectivity index (χ0v) is 16.7. The number of nitrogens with zero attached hydrogens (tertiary/aromatic N) is 2. The molecule has 2 aromatic carbocycles. The maximum Gasteiger partial charge on any atom is 0.0946 e. The summed E-state index contributed by atoms with van der Waals surface area (Å²) in [5, 5.41) is 1.56. The lowest BCUT2D eigenvalue weighted by Crippen LogP contribution is -2.09. The number of hydrogen-bond donors (Lipinski definition) is 0. The van der Waals surface area contributed by atoms with Crippen LogP contribution in [0.2, 0.25) is 10.0 Å². The maximum absolute atomic E-state index is 5.97. The van der Waals surface area contributed by atoms with E-state index in [2.05, 4.69) is 33.8 Å². The van der Waals surface area contributed by atoms with E-state index in [0.29, 0.717) is 4.58 Å². The third-order valence-electron chi connectivity index (χ3n) is 3.62. The van der Waals surface area contributed by atoms with Crippen LogP contribution < -0.4 is 0 Å². The van der Waals surface area contributed by atoms with Gasteiger partial charge in [0.2, 0.25) is 0 Å². The van der Waals surface area contributed by atoms with Crippen molar-refractivity contribution in [2.75, 3.05) is 0 Å². The predicted octanol–water partition coefficient (Wildman–Crippen LogP) is 6.38. The average molecular weight is 409 g/mol. The van der Waals surface area contributed by atoms with Gasteiger partial charge in [0.05, 0.1) is 10.9 Å². The predicted molar refractivity (Wildman–Crippen MR) is 112 cm³/mol. The highest BCUT2D eigenvalue weighted by Crippen LogP contribution is 2.31. The van der Waals surface area contributed by atoms with Crippen LogP contribution in [0.5, 0.6) is 0 Å². The molecule has 0 saturated carbocycles. The summed E-state index contributed by atoms with van der Waals surface area (Å²) in [5.74, 6) is 1.92. The normalized spacial score (nSPS) is 11.2. The maximum atomic E-state index is 5.97. The van der Waals surface area contributed by atoms with Crippen molar-refractivity contribution in [3.05, 3.63) is 88.4 Å². The Kier molecular flexibility index (Phi) is 7.17. The highest BCUT2D eigenvalue weighted by molar-refractivity contribution is 8.16. The van der Waals surface area contributed by atoms with Crippen LogP contribution in [0.1, 0.15) is 11.1 Å². The van der Waals surface area contributed by atoms with E-state index in [9.17, 15) is 0 Å². The van der Waals surface area contributed by atoms with Crippen LogP contribution in [0, 0.1) is 0 Å². The quantitative estimate of drug-likeness (QED) is 0.402. The Balaban J connectivity index is 1.59.